The van der Waals surface area contributed by atoms with Crippen LogP contribution in [-0.2, 0) is 0 Å². The molecule has 1 atom stereocenters. The zero-order valence-corrected chi connectivity index (χ0v) is 11.8. The molecule has 4 saturated carbocycles. The van der Waals surface area contributed by atoms with Gasteiger partial charge in [0.1, 0.15) is 0 Å². The van der Waals surface area contributed by atoms with Gasteiger partial charge in [-0.15, -0.1) is 0 Å². The number of aromatic nitrogens is 1. The predicted molar refractivity (Wildman–Crippen MR) is 76.5 cm³/mol. The molecular formula is C17H24N2. The van der Waals surface area contributed by atoms with Crippen LogP contribution in [0.5, 0.6) is 0 Å². The molecule has 1 unspecified atom stereocenters. The van der Waals surface area contributed by atoms with Crippen molar-refractivity contribution in [2.24, 2.45) is 28.9 Å². The molecule has 0 aromatic carbocycles. The quantitative estimate of drug-likeness (QED) is 0.878. The van der Waals surface area contributed by atoms with Gasteiger partial charge >= 0.3 is 0 Å². The molecule has 4 aliphatic carbocycles. The van der Waals surface area contributed by atoms with E-state index in [1.165, 1.54) is 44.1 Å². The Morgan fingerprint density at radius 2 is 1.74 bits per heavy atom. The van der Waals surface area contributed by atoms with Crippen molar-refractivity contribution >= 4 is 0 Å². The molecule has 4 aliphatic rings. The zero-order chi connectivity index (χ0) is 13.0. The van der Waals surface area contributed by atoms with Crippen LogP contribution < -0.4 is 5.73 Å². The number of nitrogens with zero attached hydrogens (tertiary/aromatic N) is 1. The first-order chi connectivity index (χ1) is 9.16. The second-order valence-corrected chi connectivity index (χ2v) is 7.46. The molecule has 0 spiro atoms. The molecule has 1 aromatic heterocycles. The van der Waals surface area contributed by atoms with Crippen LogP contribution in [0.2, 0.25) is 0 Å². The lowest BCUT2D eigenvalue weighted by molar-refractivity contribution is -0.0685. The van der Waals surface area contributed by atoms with Gasteiger partial charge in [-0.1, -0.05) is 6.07 Å². The van der Waals surface area contributed by atoms with Gasteiger partial charge in [-0.2, -0.15) is 0 Å². The second kappa shape index (κ2) is 4.05. The molecule has 0 saturated heterocycles. The van der Waals surface area contributed by atoms with Gasteiger partial charge in [-0.05, 0) is 80.2 Å². The molecular weight excluding hydrogens is 232 g/mol. The highest BCUT2D eigenvalue weighted by Gasteiger charge is 2.54. The first kappa shape index (κ1) is 11.9. The van der Waals surface area contributed by atoms with Gasteiger partial charge in [0.15, 0.2) is 0 Å². The molecule has 2 heteroatoms. The average Bonchev–Trinajstić information content (AvgIpc) is 2.37. The normalized spacial score (nSPS) is 41.5. The lowest BCUT2D eigenvalue weighted by Gasteiger charge is -2.58. The summed E-state index contributed by atoms with van der Waals surface area (Å²) in [6.07, 6.45) is 10.4. The van der Waals surface area contributed by atoms with E-state index in [1.54, 1.807) is 0 Å². The SMILES string of the molecule is Cc1cccnc1C(N)C12CC3CC(CC(C3)C1)C2. The zero-order valence-electron chi connectivity index (χ0n) is 11.8. The highest BCUT2D eigenvalue weighted by Crippen LogP contribution is 2.63. The van der Waals surface area contributed by atoms with E-state index in [4.69, 9.17) is 5.73 Å². The van der Waals surface area contributed by atoms with Crippen molar-refractivity contribution in [3.05, 3.63) is 29.6 Å². The van der Waals surface area contributed by atoms with Crippen molar-refractivity contribution in [2.45, 2.75) is 51.5 Å². The van der Waals surface area contributed by atoms with E-state index in [0.717, 1.165) is 23.4 Å². The van der Waals surface area contributed by atoms with Crippen LogP contribution >= 0.6 is 0 Å². The predicted octanol–water partition coefficient (Wildman–Crippen LogP) is 3.61. The summed E-state index contributed by atoms with van der Waals surface area (Å²) in [5, 5.41) is 0. The van der Waals surface area contributed by atoms with E-state index in [1.807, 2.05) is 12.3 Å². The Morgan fingerprint density at radius 1 is 1.16 bits per heavy atom. The summed E-state index contributed by atoms with van der Waals surface area (Å²) >= 11 is 0. The molecule has 19 heavy (non-hydrogen) atoms. The summed E-state index contributed by atoms with van der Waals surface area (Å²) in [5.74, 6) is 2.88. The van der Waals surface area contributed by atoms with E-state index >= 15 is 0 Å². The van der Waals surface area contributed by atoms with Crippen LogP contribution in [0.3, 0.4) is 0 Å². The lowest BCUT2D eigenvalue weighted by atomic mass is 9.47. The molecule has 4 bridgehead atoms. The fraction of sp³-hybridized carbons (Fsp3) is 0.706. The molecule has 5 rings (SSSR count). The summed E-state index contributed by atoms with van der Waals surface area (Å²) in [6, 6.07) is 4.33. The van der Waals surface area contributed by atoms with Crippen LogP contribution in [0, 0.1) is 30.1 Å². The number of aryl methyl sites for hydroxylation is 1. The third-order valence-electron chi connectivity index (χ3n) is 6.09. The molecule has 102 valence electrons. The van der Waals surface area contributed by atoms with Crippen molar-refractivity contribution < 1.29 is 0 Å². The van der Waals surface area contributed by atoms with Crippen LogP contribution in [0.1, 0.15) is 55.8 Å². The van der Waals surface area contributed by atoms with Gasteiger partial charge in [-0.25, -0.2) is 0 Å². The molecule has 0 radical (unpaired) electrons. The molecule has 1 heterocycles. The van der Waals surface area contributed by atoms with Crippen molar-refractivity contribution in [1.29, 1.82) is 0 Å². The fourth-order valence-corrected chi connectivity index (χ4v) is 5.67. The number of rotatable bonds is 2. The number of hydrogen-bond acceptors (Lipinski definition) is 2. The Morgan fingerprint density at radius 3 is 2.26 bits per heavy atom. The van der Waals surface area contributed by atoms with Gasteiger partial charge in [0.05, 0.1) is 11.7 Å². The largest absolute Gasteiger partial charge is 0.322 e. The fourth-order valence-electron chi connectivity index (χ4n) is 5.67. The van der Waals surface area contributed by atoms with Gasteiger partial charge in [0.2, 0.25) is 0 Å². The Bertz CT molecular complexity index is 459. The minimum Gasteiger partial charge on any atom is -0.322 e. The first-order valence-electron chi connectivity index (χ1n) is 7.83. The average molecular weight is 256 g/mol. The Kier molecular flexibility index (Phi) is 2.54. The first-order valence-corrected chi connectivity index (χ1v) is 7.83. The van der Waals surface area contributed by atoms with Gasteiger partial charge in [0.25, 0.3) is 0 Å². The highest BCUT2D eigenvalue weighted by molar-refractivity contribution is 5.24. The highest BCUT2D eigenvalue weighted by atomic mass is 14.8. The standard InChI is InChI=1S/C17H24N2/c1-11-3-2-4-19-15(11)16(18)17-8-12-5-13(9-17)7-14(6-12)10-17/h2-4,12-14,16H,5-10,18H2,1H3. The van der Waals surface area contributed by atoms with Crippen molar-refractivity contribution in [1.82, 2.24) is 4.98 Å². The lowest BCUT2D eigenvalue weighted by Crippen LogP contribution is -2.51. The number of pyridine rings is 1. The summed E-state index contributed by atoms with van der Waals surface area (Å²) in [4.78, 5) is 4.61. The summed E-state index contributed by atoms with van der Waals surface area (Å²) in [6.45, 7) is 2.16. The molecule has 2 nitrogen and oxygen atoms in total. The molecule has 1 aromatic rings. The van der Waals surface area contributed by atoms with E-state index in [2.05, 4.69) is 18.0 Å². The van der Waals surface area contributed by atoms with E-state index in [-0.39, 0.29) is 6.04 Å². The van der Waals surface area contributed by atoms with E-state index < -0.39 is 0 Å². The van der Waals surface area contributed by atoms with Crippen molar-refractivity contribution in [3.8, 4) is 0 Å². The smallest absolute Gasteiger partial charge is 0.0605 e. The molecule has 4 fully saturated rings. The van der Waals surface area contributed by atoms with Gasteiger partial charge in [0, 0.05) is 6.20 Å². The minimum atomic E-state index is 0.155. The minimum absolute atomic E-state index is 0.155. The Hall–Kier alpha value is -0.890. The van der Waals surface area contributed by atoms with Crippen LogP contribution in [0.15, 0.2) is 18.3 Å². The van der Waals surface area contributed by atoms with Crippen LogP contribution in [-0.4, -0.2) is 4.98 Å². The molecule has 2 N–H and O–H groups in total. The van der Waals surface area contributed by atoms with Gasteiger partial charge in [-0.3, -0.25) is 4.98 Å². The van der Waals surface area contributed by atoms with E-state index in [0.29, 0.717) is 5.41 Å². The summed E-state index contributed by atoms with van der Waals surface area (Å²) in [7, 11) is 0. The Balaban J connectivity index is 1.70. The Labute approximate surface area is 115 Å². The number of hydrogen-bond donors (Lipinski definition) is 1. The topological polar surface area (TPSA) is 38.9 Å². The maximum Gasteiger partial charge on any atom is 0.0605 e. The van der Waals surface area contributed by atoms with Crippen molar-refractivity contribution in [2.75, 3.05) is 0 Å². The summed E-state index contributed by atoms with van der Waals surface area (Å²) in [5.41, 5.74) is 9.53. The van der Waals surface area contributed by atoms with Crippen LogP contribution in [0.4, 0.5) is 0 Å². The van der Waals surface area contributed by atoms with Crippen LogP contribution in [0.25, 0.3) is 0 Å². The monoisotopic (exact) mass is 256 g/mol. The summed E-state index contributed by atoms with van der Waals surface area (Å²) < 4.78 is 0. The molecule has 0 aliphatic heterocycles. The third-order valence-corrected chi connectivity index (χ3v) is 6.09. The molecule has 0 amide bonds. The number of nitrogens with two attached hydrogens (primary N) is 1. The van der Waals surface area contributed by atoms with E-state index in [9.17, 15) is 0 Å². The second-order valence-electron chi connectivity index (χ2n) is 7.46. The maximum absolute atomic E-state index is 6.73. The maximum atomic E-state index is 6.73. The third kappa shape index (κ3) is 1.76. The van der Waals surface area contributed by atoms with Gasteiger partial charge < -0.3 is 5.73 Å². The van der Waals surface area contributed by atoms with Crippen molar-refractivity contribution in [3.63, 3.8) is 0 Å².